The monoisotopic (exact) mass is 188 g/mol. The number of aliphatic imine (C=N–C) groups is 1. The number of benzene rings is 1. The number of rotatable bonds is 1. The van der Waals surface area contributed by atoms with Crippen LogP contribution in [0.4, 0.5) is 11.4 Å². The van der Waals surface area contributed by atoms with Crippen molar-refractivity contribution in [2.24, 2.45) is 4.99 Å². The Hall–Kier alpha value is -1.31. The van der Waals surface area contributed by atoms with Gasteiger partial charge in [-0.15, -0.1) is 0 Å². The second-order valence-electron chi connectivity index (χ2n) is 4.30. The largest absolute Gasteiger partial charge is 0.388 e. The number of nitrogens with one attached hydrogen (secondary N) is 1. The maximum atomic E-state index is 4.57. The van der Waals surface area contributed by atoms with E-state index in [-0.39, 0.29) is 5.41 Å². The van der Waals surface area contributed by atoms with Crippen LogP contribution >= 0.6 is 0 Å². The van der Waals surface area contributed by atoms with Gasteiger partial charge in [-0.1, -0.05) is 13.8 Å². The summed E-state index contributed by atoms with van der Waals surface area (Å²) in [7, 11) is 1.94. The summed E-state index contributed by atoms with van der Waals surface area (Å²) in [5.41, 5.74) is 4.87. The van der Waals surface area contributed by atoms with E-state index in [9.17, 15) is 0 Å². The number of hydrogen-bond acceptors (Lipinski definition) is 2. The van der Waals surface area contributed by atoms with Gasteiger partial charge in [-0.3, -0.25) is 4.99 Å². The molecule has 1 aliphatic rings. The van der Waals surface area contributed by atoms with E-state index in [1.54, 1.807) is 0 Å². The molecule has 0 unspecified atom stereocenters. The van der Waals surface area contributed by atoms with Gasteiger partial charge in [0.05, 0.1) is 5.69 Å². The summed E-state index contributed by atoms with van der Waals surface area (Å²) in [6.07, 6.45) is 0. The average molecular weight is 188 g/mol. The van der Waals surface area contributed by atoms with E-state index in [4.69, 9.17) is 0 Å². The van der Waals surface area contributed by atoms with Crippen molar-refractivity contribution in [3.63, 3.8) is 0 Å². The maximum Gasteiger partial charge on any atom is 0.0672 e. The molecule has 0 bridgehead atoms. The molecule has 1 aliphatic heterocycles. The summed E-state index contributed by atoms with van der Waals surface area (Å²) in [5.74, 6) is 0. The molecule has 2 rings (SSSR count). The first-order valence-corrected chi connectivity index (χ1v) is 4.94. The van der Waals surface area contributed by atoms with Crippen LogP contribution in [0.3, 0.4) is 0 Å². The van der Waals surface area contributed by atoms with E-state index >= 15 is 0 Å². The molecule has 0 saturated heterocycles. The number of fused-ring (bicyclic) bond motifs is 1. The SMILES string of the molecule is CNc1ccc2c(c1)C(C)(C)C(C)=N2. The minimum atomic E-state index is 0.0855. The van der Waals surface area contributed by atoms with Gasteiger partial charge in [0.15, 0.2) is 0 Å². The highest BCUT2D eigenvalue weighted by molar-refractivity contribution is 5.99. The summed E-state index contributed by atoms with van der Waals surface area (Å²) in [6.45, 7) is 6.53. The van der Waals surface area contributed by atoms with E-state index in [1.807, 2.05) is 7.05 Å². The molecule has 0 fully saturated rings. The van der Waals surface area contributed by atoms with Gasteiger partial charge < -0.3 is 5.32 Å². The first kappa shape index (κ1) is 9.25. The molecule has 2 nitrogen and oxygen atoms in total. The molecule has 0 spiro atoms. The molecule has 2 heteroatoms. The van der Waals surface area contributed by atoms with Crippen LogP contribution in [0.1, 0.15) is 26.3 Å². The van der Waals surface area contributed by atoms with Gasteiger partial charge in [-0.2, -0.15) is 0 Å². The van der Waals surface area contributed by atoms with Crippen molar-refractivity contribution in [1.82, 2.24) is 0 Å². The van der Waals surface area contributed by atoms with Crippen molar-refractivity contribution in [2.75, 3.05) is 12.4 Å². The molecule has 0 aliphatic carbocycles. The van der Waals surface area contributed by atoms with Gasteiger partial charge in [-0.25, -0.2) is 0 Å². The zero-order chi connectivity index (χ0) is 10.3. The van der Waals surface area contributed by atoms with Crippen LogP contribution in [-0.4, -0.2) is 12.8 Å². The highest BCUT2D eigenvalue weighted by atomic mass is 14.8. The normalized spacial score (nSPS) is 17.6. The quantitative estimate of drug-likeness (QED) is 0.719. The van der Waals surface area contributed by atoms with Crippen LogP contribution in [-0.2, 0) is 5.41 Å². The van der Waals surface area contributed by atoms with Gasteiger partial charge in [0.2, 0.25) is 0 Å². The highest BCUT2D eigenvalue weighted by Gasteiger charge is 2.31. The second-order valence-corrected chi connectivity index (χ2v) is 4.30. The summed E-state index contributed by atoms with van der Waals surface area (Å²) < 4.78 is 0. The Morgan fingerprint density at radius 1 is 1.29 bits per heavy atom. The van der Waals surface area contributed by atoms with Crippen molar-refractivity contribution >= 4 is 17.1 Å². The molecular weight excluding hydrogens is 172 g/mol. The van der Waals surface area contributed by atoms with E-state index in [1.165, 1.54) is 11.3 Å². The van der Waals surface area contributed by atoms with Gasteiger partial charge in [-0.05, 0) is 30.7 Å². The van der Waals surface area contributed by atoms with E-state index < -0.39 is 0 Å². The van der Waals surface area contributed by atoms with Crippen LogP contribution in [0.15, 0.2) is 23.2 Å². The molecule has 0 aromatic heterocycles. The van der Waals surface area contributed by atoms with Crippen molar-refractivity contribution in [2.45, 2.75) is 26.2 Å². The molecule has 0 atom stereocenters. The summed E-state index contributed by atoms with van der Waals surface area (Å²) in [6, 6.07) is 6.34. The number of hydrogen-bond donors (Lipinski definition) is 1. The standard InChI is InChI=1S/C12H16N2/c1-8-12(2,3)10-7-9(13-4)5-6-11(10)14-8/h5-7,13H,1-4H3. The molecule has 74 valence electrons. The molecule has 1 aromatic rings. The second kappa shape index (κ2) is 2.84. The van der Waals surface area contributed by atoms with E-state index in [0.717, 1.165) is 11.4 Å². The van der Waals surface area contributed by atoms with Crippen LogP contribution in [0, 0.1) is 0 Å². The third-order valence-corrected chi connectivity index (χ3v) is 3.15. The topological polar surface area (TPSA) is 24.4 Å². The Morgan fingerprint density at radius 3 is 2.64 bits per heavy atom. The van der Waals surface area contributed by atoms with Crippen molar-refractivity contribution in [3.8, 4) is 0 Å². The molecule has 0 amide bonds. The zero-order valence-corrected chi connectivity index (χ0v) is 9.18. The van der Waals surface area contributed by atoms with Crippen molar-refractivity contribution < 1.29 is 0 Å². The van der Waals surface area contributed by atoms with Gasteiger partial charge in [0, 0.05) is 23.9 Å². The van der Waals surface area contributed by atoms with Crippen molar-refractivity contribution in [1.29, 1.82) is 0 Å². The Balaban J connectivity index is 2.57. The fourth-order valence-electron chi connectivity index (χ4n) is 1.80. The molecule has 14 heavy (non-hydrogen) atoms. The molecule has 1 aromatic carbocycles. The predicted octanol–water partition coefficient (Wildman–Crippen LogP) is 3.11. The Morgan fingerprint density at radius 2 is 2.00 bits per heavy atom. The zero-order valence-electron chi connectivity index (χ0n) is 9.18. The lowest BCUT2D eigenvalue weighted by Gasteiger charge is -2.20. The predicted molar refractivity (Wildman–Crippen MR) is 61.8 cm³/mol. The lowest BCUT2D eigenvalue weighted by Crippen LogP contribution is -2.22. The summed E-state index contributed by atoms with van der Waals surface area (Å²) in [5, 5.41) is 3.16. The first-order chi connectivity index (χ1) is 6.55. The lowest BCUT2D eigenvalue weighted by molar-refractivity contribution is 0.733. The highest BCUT2D eigenvalue weighted by Crippen LogP contribution is 2.40. The van der Waals surface area contributed by atoms with Gasteiger partial charge in [0.1, 0.15) is 0 Å². The molecule has 1 heterocycles. The summed E-state index contributed by atoms with van der Waals surface area (Å²) in [4.78, 5) is 4.57. The van der Waals surface area contributed by atoms with Gasteiger partial charge in [0.25, 0.3) is 0 Å². The number of nitrogens with zero attached hydrogens (tertiary/aromatic N) is 1. The minimum absolute atomic E-state index is 0.0855. The van der Waals surface area contributed by atoms with Crippen LogP contribution in [0.2, 0.25) is 0 Å². The van der Waals surface area contributed by atoms with Crippen molar-refractivity contribution in [3.05, 3.63) is 23.8 Å². The van der Waals surface area contributed by atoms with Crippen LogP contribution in [0.25, 0.3) is 0 Å². The maximum absolute atomic E-state index is 4.57. The summed E-state index contributed by atoms with van der Waals surface area (Å²) >= 11 is 0. The fourth-order valence-corrected chi connectivity index (χ4v) is 1.80. The molecule has 0 saturated carbocycles. The molecular formula is C12H16N2. The van der Waals surface area contributed by atoms with E-state index in [2.05, 4.69) is 49.3 Å². The average Bonchev–Trinajstić information content (AvgIpc) is 2.38. The van der Waals surface area contributed by atoms with Crippen LogP contribution in [0.5, 0.6) is 0 Å². The van der Waals surface area contributed by atoms with Crippen LogP contribution < -0.4 is 5.32 Å². The Labute approximate surface area is 85.1 Å². The fraction of sp³-hybridized carbons (Fsp3) is 0.417. The minimum Gasteiger partial charge on any atom is -0.388 e. The lowest BCUT2D eigenvalue weighted by atomic mass is 9.82. The third kappa shape index (κ3) is 1.14. The Kier molecular flexibility index (Phi) is 1.88. The number of anilines is 1. The first-order valence-electron chi connectivity index (χ1n) is 4.94. The molecule has 0 radical (unpaired) electrons. The smallest absolute Gasteiger partial charge is 0.0672 e. The van der Waals surface area contributed by atoms with E-state index in [0.29, 0.717) is 0 Å². The van der Waals surface area contributed by atoms with Gasteiger partial charge >= 0.3 is 0 Å². The molecule has 1 N–H and O–H groups in total. The third-order valence-electron chi connectivity index (χ3n) is 3.15. The Bertz CT molecular complexity index is 403.